The molecule has 1 heterocycles. The molecular weight excluding hydrogens is 256 g/mol. The van der Waals surface area contributed by atoms with E-state index in [1.807, 2.05) is 19.1 Å². The molecule has 0 unspecified atom stereocenters. The van der Waals surface area contributed by atoms with Crippen LogP contribution < -0.4 is 5.32 Å². The van der Waals surface area contributed by atoms with E-state index in [9.17, 15) is 4.79 Å². The molecule has 102 valence electrons. The maximum absolute atomic E-state index is 11.8. The minimum Gasteiger partial charge on any atom is -0.395 e. The van der Waals surface area contributed by atoms with Crippen LogP contribution >= 0.6 is 0 Å². The van der Waals surface area contributed by atoms with Crippen molar-refractivity contribution in [1.29, 1.82) is 0 Å². The van der Waals surface area contributed by atoms with Gasteiger partial charge in [-0.25, -0.2) is 0 Å². The van der Waals surface area contributed by atoms with Gasteiger partial charge in [0.25, 0.3) is 5.91 Å². The fourth-order valence-corrected chi connectivity index (χ4v) is 1.62. The largest absolute Gasteiger partial charge is 0.395 e. The Morgan fingerprint density at radius 1 is 1.45 bits per heavy atom. The van der Waals surface area contributed by atoms with Crippen molar-refractivity contribution in [2.75, 3.05) is 11.9 Å². The lowest BCUT2D eigenvalue weighted by Crippen LogP contribution is -2.13. The van der Waals surface area contributed by atoms with E-state index in [0.717, 1.165) is 11.1 Å². The molecule has 0 radical (unpaired) electrons. The lowest BCUT2D eigenvalue weighted by molar-refractivity contribution is 0.101. The van der Waals surface area contributed by atoms with Crippen molar-refractivity contribution in [2.24, 2.45) is 0 Å². The first-order valence-corrected chi connectivity index (χ1v) is 6.13. The first-order valence-electron chi connectivity index (χ1n) is 6.13. The molecule has 20 heavy (non-hydrogen) atoms. The van der Waals surface area contributed by atoms with Crippen molar-refractivity contribution in [3.05, 3.63) is 47.3 Å². The predicted molar refractivity (Wildman–Crippen MR) is 74.2 cm³/mol. The fourth-order valence-electron chi connectivity index (χ4n) is 1.62. The number of aryl methyl sites for hydroxylation is 1. The zero-order valence-electron chi connectivity index (χ0n) is 11.0. The highest BCUT2D eigenvalue weighted by Gasteiger charge is 2.10. The van der Waals surface area contributed by atoms with Crippen molar-refractivity contribution < 1.29 is 14.4 Å². The normalized spacial score (nSPS) is 9.70. The molecular formula is C15H14N2O3. The molecule has 1 aromatic carbocycles. The highest BCUT2D eigenvalue weighted by atomic mass is 16.5. The van der Waals surface area contributed by atoms with Crippen LogP contribution in [-0.4, -0.2) is 22.8 Å². The Morgan fingerprint density at radius 2 is 2.30 bits per heavy atom. The molecule has 0 spiro atoms. The standard InChI is InChI=1S/C15H14N2O3/c1-11-10-12(4-2-3-8-18)5-6-13(11)16-15(19)14-7-9-20-17-14/h5-7,9-10,18H,3,8H2,1H3,(H,16,19). The predicted octanol–water partition coefficient (Wildman–Crippen LogP) is 1.97. The van der Waals surface area contributed by atoms with Gasteiger partial charge in [0.2, 0.25) is 0 Å². The minimum atomic E-state index is -0.319. The molecule has 2 rings (SSSR count). The molecule has 0 fully saturated rings. The van der Waals surface area contributed by atoms with E-state index in [4.69, 9.17) is 5.11 Å². The Kier molecular flexibility index (Phi) is 4.53. The lowest BCUT2D eigenvalue weighted by Gasteiger charge is -2.07. The van der Waals surface area contributed by atoms with Gasteiger partial charge in [0.1, 0.15) is 6.26 Å². The second-order valence-electron chi connectivity index (χ2n) is 4.14. The van der Waals surface area contributed by atoms with E-state index in [0.29, 0.717) is 12.1 Å². The monoisotopic (exact) mass is 270 g/mol. The Balaban J connectivity index is 2.11. The number of aliphatic hydroxyl groups excluding tert-OH is 1. The van der Waals surface area contributed by atoms with Crippen LogP contribution in [0.25, 0.3) is 0 Å². The summed E-state index contributed by atoms with van der Waals surface area (Å²) in [6, 6.07) is 6.98. The van der Waals surface area contributed by atoms with Crippen LogP contribution in [0.1, 0.15) is 28.0 Å². The quantitative estimate of drug-likeness (QED) is 0.836. The number of amides is 1. The number of nitrogens with one attached hydrogen (secondary N) is 1. The number of benzene rings is 1. The average Bonchev–Trinajstić information content (AvgIpc) is 2.96. The van der Waals surface area contributed by atoms with E-state index < -0.39 is 0 Å². The van der Waals surface area contributed by atoms with Gasteiger partial charge in [-0.05, 0) is 30.7 Å². The number of aliphatic hydroxyl groups is 1. The van der Waals surface area contributed by atoms with Gasteiger partial charge >= 0.3 is 0 Å². The number of rotatable bonds is 3. The molecule has 2 aromatic rings. The molecule has 0 atom stereocenters. The van der Waals surface area contributed by atoms with Crippen LogP contribution in [-0.2, 0) is 0 Å². The van der Waals surface area contributed by atoms with Crippen LogP contribution in [0.15, 0.2) is 35.1 Å². The molecule has 5 nitrogen and oxygen atoms in total. The molecule has 0 saturated heterocycles. The summed E-state index contributed by atoms with van der Waals surface area (Å²) in [6.45, 7) is 1.94. The first-order chi connectivity index (χ1) is 9.70. The third-order valence-electron chi connectivity index (χ3n) is 2.61. The van der Waals surface area contributed by atoms with Crippen LogP contribution in [0.2, 0.25) is 0 Å². The highest BCUT2D eigenvalue weighted by molar-refractivity contribution is 6.03. The van der Waals surface area contributed by atoms with Crippen molar-refractivity contribution in [1.82, 2.24) is 5.16 Å². The van der Waals surface area contributed by atoms with Gasteiger partial charge in [-0.3, -0.25) is 4.79 Å². The highest BCUT2D eigenvalue weighted by Crippen LogP contribution is 2.17. The summed E-state index contributed by atoms with van der Waals surface area (Å²) < 4.78 is 4.63. The second-order valence-corrected chi connectivity index (χ2v) is 4.14. The van der Waals surface area contributed by atoms with Crippen LogP contribution in [0.3, 0.4) is 0 Å². The molecule has 1 amide bonds. The molecule has 0 bridgehead atoms. The second kappa shape index (κ2) is 6.55. The Bertz CT molecular complexity index is 651. The van der Waals surface area contributed by atoms with Gasteiger partial charge in [-0.2, -0.15) is 0 Å². The van der Waals surface area contributed by atoms with Crippen molar-refractivity contribution in [3.8, 4) is 11.8 Å². The van der Waals surface area contributed by atoms with Gasteiger partial charge in [0.15, 0.2) is 5.69 Å². The lowest BCUT2D eigenvalue weighted by atomic mass is 10.1. The first kappa shape index (κ1) is 13.8. The molecule has 2 N–H and O–H groups in total. The molecule has 0 aliphatic rings. The average molecular weight is 270 g/mol. The number of carbonyl (C=O) groups excluding carboxylic acids is 1. The molecule has 1 aromatic heterocycles. The Morgan fingerprint density at radius 3 is 2.95 bits per heavy atom. The van der Waals surface area contributed by atoms with Gasteiger partial charge in [-0.15, -0.1) is 0 Å². The third-order valence-corrected chi connectivity index (χ3v) is 2.61. The van der Waals surface area contributed by atoms with Gasteiger partial charge in [0.05, 0.1) is 6.61 Å². The fraction of sp³-hybridized carbons (Fsp3) is 0.200. The molecule has 5 heteroatoms. The number of carbonyl (C=O) groups is 1. The molecule has 0 aliphatic carbocycles. The Hall–Kier alpha value is -2.58. The van der Waals surface area contributed by atoms with Gasteiger partial charge in [0, 0.05) is 23.7 Å². The molecule has 0 saturated carbocycles. The number of hydrogen-bond acceptors (Lipinski definition) is 4. The van der Waals surface area contributed by atoms with E-state index in [-0.39, 0.29) is 18.2 Å². The van der Waals surface area contributed by atoms with Gasteiger partial charge < -0.3 is 14.9 Å². The number of hydrogen-bond donors (Lipinski definition) is 2. The molecule has 0 aliphatic heterocycles. The van der Waals surface area contributed by atoms with Crippen molar-refractivity contribution >= 4 is 11.6 Å². The van der Waals surface area contributed by atoms with Crippen LogP contribution in [0.4, 0.5) is 5.69 Å². The SMILES string of the molecule is Cc1cc(C#CCCO)ccc1NC(=O)c1ccon1. The Labute approximate surface area is 116 Å². The summed E-state index contributed by atoms with van der Waals surface area (Å²) in [5, 5.41) is 15.0. The maximum atomic E-state index is 11.8. The summed E-state index contributed by atoms with van der Waals surface area (Å²) in [5.74, 6) is 5.48. The van der Waals surface area contributed by atoms with Crippen LogP contribution in [0, 0.1) is 18.8 Å². The third kappa shape index (κ3) is 3.46. The zero-order valence-corrected chi connectivity index (χ0v) is 11.0. The summed E-state index contributed by atoms with van der Waals surface area (Å²) >= 11 is 0. The van der Waals surface area contributed by atoms with E-state index in [1.165, 1.54) is 12.3 Å². The minimum absolute atomic E-state index is 0.0534. The number of nitrogens with zero attached hydrogens (tertiary/aromatic N) is 1. The topological polar surface area (TPSA) is 75.4 Å². The number of anilines is 1. The smallest absolute Gasteiger partial charge is 0.277 e. The summed E-state index contributed by atoms with van der Waals surface area (Å²) in [5.41, 5.74) is 2.68. The summed E-state index contributed by atoms with van der Waals surface area (Å²) in [6.07, 6.45) is 1.80. The van der Waals surface area contributed by atoms with E-state index in [1.54, 1.807) is 6.07 Å². The number of aromatic nitrogens is 1. The maximum Gasteiger partial charge on any atom is 0.277 e. The van der Waals surface area contributed by atoms with Crippen LogP contribution in [0.5, 0.6) is 0 Å². The summed E-state index contributed by atoms with van der Waals surface area (Å²) in [7, 11) is 0. The van der Waals surface area contributed by atoms with E-state index in [2.05, 4.69) is 26.8 Å². The van der Waals surface area contributed by atoms with E-state index >= 15 is 0 Å². The summed E-state index contributed by atoms with van der Waals surface area (Å²) in [4.78, 5) is 11.8. The van der Waals surface area contributed by atoms with Gasteiger partial charge in [-0.1, -0.05) is 17.0 Å². The van der Waals surface area contributed by atoms with Crippen molar-refractivity contribution in [2.45, 2.75) is 13.3 Å². The van der Waals surface area contributed by atoms with Crippen molar-refractivity contribution in [3.63, 3.8) is 0 Å². The zero-order chi connectivity index (χ0) is 14.4.